The molecule has 2 aromatic rings. The average Bonchev–Trinajstić information content (AvgIpc) is 3.34. The second kappa shape index (κ2) is 6.57. The van der Waals surface area contributed by atoms with E-state index in [2.05, 4.69) is 5.10 Å². The maximum Gasteiger partial charge on any atom is 0.435 e. The Morgan fingerprint density at radius 1 is 1.03 bits per heavy atom. The topological polar surface area (TPSA) is 55.2 Å². The van der Waals surface area contributed by atoms with Crippen molar-refractivity contribution in [2.24, 2.45) is 0 Å². The van der Waals surface area contributed by atoms with Crippen LogP contribution >= 0.6 is 0 Å². The van der Waals surface area contributed by atoms with Crippen molar-refractivity contribution in [2.75, 3.05) is 12.3 Å². The van der Waals surface area contributed by atoms with Crippen LogP contribution in [0.4, 0.5) is 13.2 Å². The lowest BCUT2D eigenvalue weighted by Gasteiger charge is -2.21. The summed E-state index contributed by atoms with van der Waals surface area (Å²) in [5.41, 5.74) is 2.91. The lowest BCUT2D eigenvalue weighted by Crippen LogP contribution is -2.37. The second-order valence-corrected chi connectivity index (χ2v) is 10.2. The van der Waals surface area contributed by atoms with Gasteiger partial charge in [0.25, 0.3) is 0 Å². The van der Waals surface area contributed by atoms with E-state index in [1.807, 2.05) is 18.2 Å². The van der Waals surface area contributed by atoms with Gasteiger partial charge in [0.15, 0.2) is 5.69 Å². The van der Waals surface area contributed by atoms with Gasteiger partial charge >= 0.3 is 6.18 Å². The molecule has 5 rings (SSSR count). The van der Waals surface area contributed by atoms with E-state index in [0.717, 1.165) is 24.0 Å². The van der Waals surface area contributed by atoms with Gasteiger partial charge in [0.1, 0.15) is 0 Å². The Labute approximate surface area is 167 Å². The smallest absolute Gasteiger partial charge is 0.237 e. The molecule has 1 aromatic carbocycles. The standard InChI is InChI=1S/C20H22F3N3O2S/c21-20(22,23)19-17-4-1-2-5-18(17)26(24-19)15-7-6-13-10-16(12-14(13)11-15)25-8-3-9-29(25,27)28/h6-7,11,16H,1-5,8-10,12H2. The van der Waals surface area contributed by atoms with E-state index in [9.17, 15) is 21.6 Å². The minimum atomic E-state index is -4.46. The molecule has 1 saturated heterocycles. The van der Waals surface area contributed by atoms with Crippen molar-refractivity contribution >= 4 is 10.0 Å². The largest absolute Gasteiger partial charge is 0.435 e. The van der Waals surface area contributed by atoms with E-state index in [0.29, 0.717) is 55.6 Å². The quantitative estimate of drug-likeness (QED) is 0.742. The molecule has 156 valence electrons. The normalized spacial score (nSPS) is 23.9. The number of hydrogen-bond donors (Lipinski definition) is 0. The summed E-state index contributed by atoms with van der Waals surface area (Å²) in [6.45, 7) is 0.551. The summed E-state index contributed by atoms with van der Waals surface area (Å²) in [7, 11) is -3.18. The number of aromatic nitrogens is 2. The minimum Gasteiger partial charge on any atom is -0.237 e. The highest BCUT2D eigenvalue weighted by Crippen LogP contribution is 2.38. The van der Waals surface area contributed by atoms with Gasteiger partial charge in [-0.25, -0.2) is 13.1 Å². The molecule has 3 aliphatic rings. The minimum absolute atomic E-state index is 0.0926. The number of fused-ring (bicyclic) bond motifs is 2. The number of halogens is 3. The second-order valence-electron chi connectivity index (χ2n) is 8.19. The summed E-state index contributed by atoms with van der Waals surface area (Å²) >= 11 is 0. The predicted molar refractivity (Wildman–Crippen MR) is 102 cm³/mol. The third-order valence-electron chi connectivity index (χ3n) is 6.34. The van der Waals surface area contributed by atoms with Gasteiger partial charge in [-0.1, -0.05) is 6.07 Å². The van der Waals surface area contributed by atoms with E-state index in [1.165, 1.54) is 4.68 Å². The predicted octanol–water partition coefficient (Wildman–Crippen LogP) is 3.27. The van der Waals surface area contributed by atoms with Gasteiger partial charge in [-0.05, 0) is 68.2 Å². The molecule has 0 saturated carbocycles. The molecule has 0 N–H and O–H groups in total. The molecule has 0 bridgehead atoms. The van der Waals surface area contributed by atoms with E-state index in [1.54, 1.807) is 4.31 Å². The zero-order valence-electron chi connectivity index (χ0n) is 15.9. The lowest BCUT2D eigenvalue weighted by atomic mass is 9.95. The van der Waals surface area contributed by atoms with Crippen molar-refractivity contribution in [3.05, 3.63) is 46.3 Å². The van der Waals surface area contributed by atoms with Gasteiger partial charge in [0.2, 0.25) is 10.0 Å². The SMILES string of the molecule is O=S1(=O)CCCN1C1Cc2ccc(-n3nc(C(F)(F)F)c4c3CCCC4)cc2C1. The van der Waals surface area contributed by atoms with Gasteiger partial charge in [-0.2, -0.15) is 22.6 Å². The summed E-state index contributed by atoms with van der Waals surface area (Å²) in [5, 5.41) is 3.96. The summed E-state index contributed by atoms with van der Waals surface area (Å²) in [6.07, 6.45) is 0.0401. The van der Waals surface area contributed by atoms with E-state index in [-0.39, 0.29) is 11.8 Å². The van der Waals surface area contributed by atoms with Crippen LogP contribution in [0.3, 0.4) is 0 Å². The number of hydrogen-bond acceptors (Lipinski definition) is 3. The summed E-state index contributed by atoms with van der Waals surface area (Å²) in [4.78, 5) is 0. The average molecular weight is 425 g/mol. The molecule has 2 heterocycles. The summed E-state index contributed by atoms with van der Waals surface area (Å²) in [6, 6.07) is 5.52. The van der Waals surface area contributed by atoms with Gasteiger partial charge in [-0.3, -0.25) is 0 Å². The van der Waals surface area contributed by atoms with Crippen LogP contribution < -0.4 is 0 Å². The first-order chi connectivity index (χ1) is 13.7. The first-order valence-electron chi connectivity index (χ1n) is 10.0. The van der Waals surface area contributed by atoms with Crippen molar-refractivity contribution in [2.45, 2.75) is 57.2 Å². The van der Waals surface area contributed by atoms with Crippen LogP contribution in [0, 0.1) is 0 Å². The van der Waals surface area contributed by atoms with Crippen LogP contribution in [-0.2, 0) is 41.9 Å². The Morgan fingerprint density at radius 2 is 1.79 bits per heavy atom. The molecule has 0 amide bonds. The first-order valence-corrected chi connectivity index (χ1v) is 11.6. The Hall–Kier alpha value is -1.87. The molecule has 29 heavy (non-hydrogen) atoms. The summed E-state index contributed by atoms with van der Waals surface area (Å²) in [5.74, 6) is 0.199. The number of sulfonamides is 1. The van der Waals surface area contributed by atoms with Crippen molar-refractivity contribution in [1.82, 2.24) is 14.1 Å². The molecule has 1 fully saturated rings. The van der Waals surface area contributed by atoms with Gasteiger partial charge in [0.05, 0.1) is 11.4 Å². The number of benzene rings is 1. The third kappa shape index (κ3) is 3.18. The van der Waals surface area contributed by atoms with Crippen LogP contribution in [0.5, 0.6) is 0 Å². The molecule has 9 heteroatoms. The maximum absolute atomic E-state index is 13.5. The van der Waals surface area contributed by atoms with Crippen LogP contribution in [0.1, 0.15) is 47.3 Å². The molecule has 1 unspecified atom stereocenters. The monoisotopic (exact) mass is 425 g/mol. The first kappa shape index (κ1) is 19.1. The van der Waals surface area contributed by atoms with Crippen molar-refractivity contribution in [3.63, 3.8) is 0 Å². The molecule has 1 aromatic heterocycles. The molecule has 1 atom stereocenters. The van der Waals surface area contributed by atoms with Crippen molar-refractivity contribution in [1.29, 1.82) is 0 Å². The fraction of sp³-hybridized carbons (Fsp3) is 0.550. The van der Waals surface area contributed by atoms with Gasteiger partial charge in [0, 0.05) is 23.8 Å². The highest BCUT2D eigenvalue weighted by molar-refractivity contribution is 7.89. The van der Waals surface area contributed by atoms with Gasteiger partial charge < -0.3 is 0 Å². The molecular weight excluding hydrogens is 403 g/mol. The number of nitrogens with zero attached hydrogens (tertiary/aromatic N) is 3. The number of rotatable bonds is 2. The molecule has 1 aliphatic heterocycles. The van der Waals surface area contributed by atoms with E-state index < -0.39 is 21.9 Å². The van der Waals surface area contributed by atoms with Crippen molar-refractivity contribution < 1.29 is 21.6 Å². The molecule has 5 nitrogen and oxygen atoms in total. The third-order valence-corrected chi connectivity index (χ3v) is 8.34. The number of alkyl halides is 3. The highest BCUT2D eigenvalue weighted by atomic mass is 32.2. The Bertz CT molecular complexity index is 1080. The Kier molecular flexibility index (Phi) is 4.33. The van der Waals surface area contributed by atoms with Crippen LogP contribution in [-0.4, -0.2) is 40.8 Å². The van der Waals surface area contributed by atoms with Gasteiger partial charge in [-0.15, -0.1) is 0 Å². The van der Waals surface area contributed by atoms with Crippen LogP contribution in [0.2, 0.25) is 0 Å². The molecular formula is C20H22F3N3O2S. The Morgan fingerprint density at radius 3 is 2.52 bits per heavy atom. The maximum atomic E-state index is 13.5. The fourth-order valence-electron chi connectivity index (χ4n) is 5.03. The lowest BCUT2D eigenvalue weighted by molar-refractivity contribution is -0.142. The highest BCUT2D eigenvalue weighted by Gasteiger charge is 2.40. The molecule has 2 aliphatic carbocycles. The molecule has 0 radical (unpaired) electrons. The fourth-order valence-corrected chi connectivity index (χ4v) is 6.76. The van der Waals surface area contributed by atoms with Crippen LogP contribution in [0.15, 0.2) is 18.2 Å². The molecule has 0 spiro atoms. The zero-order chi connectivity index (χ0) is 20.4. The van der Waals surface area contributed by atoms with Crippen molar-refractivity contribution in [3.8, 4) is 5.69 Å². The van der Waals surface area contributed by atoms with E-state index in [4.69, 9.17) is 0 Å². The Balaban J connectivity index is 1.50. The zero-order valence-corrected chi connectivity index (χ0v) is 16.7. The van der Waals surface area contributed by atoms with Crippen LogP contribution in [0.25, 0.3) is 5.69 Å². The summed E-state index contributed by atoms with van der Waals surface area (Å²) < 4.78 is 68.0. The van der Waals surface area contributed by atoms with E-state index >= 15 is 0 Å².